The van der Waals surface area contributed by atoms with Crippen LogP contribution in [-0.4, -0.2) is 37.7 Å². The van der Waals surface area contributed by atoms with Crippen molar-refractivity contribution in [2.75, 3.05) is 26.8 Å². The fourth-order valence-electron chi connectivity index (χ4n) is 1.74. The van der Waals surface area contributed by atoms with Gasteiger partial charge in [-0.1, -0.05) is 0 Å². The summed E-state index contributed by atoms with van der Waals surface area (Å²) in [5.74, 6) is 0.617. The summed E-state index contributed by atoms with van der Waals surface area (Å²) in [6, 6.07) is 4.45. The van der Waals surface area contributed by atoms with Gasteiger partial charge in [-0.25, -0.2) is 0 Å². The summed E-state index contributed by atoms with van der Waals surface area (Å²) >= 11 is 5.20. The first-order valence-corrected chi connectivity index (χ1v) is 6.64. The van der Waals surface area contributed by atoms with Crippen LogP contribution in [0.4, 0.5) is 0 Å². The van der Waals surface area contributed by atoms with Gasteiger partial charge in [0, 0.05) is 18.5 Å². The van der Waals surface area contributed by atoms with Crippen LogP contribution in [0.15, 0.2) is 20.9 Å². The van der Waals surface area contributed by atoms with Gasteiger partial charge in [-0.2, -0.15) is 0 Å². The molecule has 0 saturated heterocycles. The molecule has 0 spiro atoms. The second kappa shape index (κ2) is 5.16. The Morgan fingerprint density at radius 1 is 1.69 bits per heavy atom. The summed E-state index contributed by atoms with van der Waals surface area (Å²) in [5, 5.41) is 0. The Labute approximate surface area is 107 Å². The molecular weight excluding hydrogens is 290 g/mol. The van der Waals surface area contributed by atoms with Gasteiger partial charge in [-0.15, -0.1) is 11.3 Å². The minimum atomic E-state index is 0.270. The highest BCUT2D eigenvalue weighted by Gasteiger charge is 2.27. The standard InChI is InChI=1S/C10H14BrN3OS/c1-15-5-4-14-7(6-13-10(14)12)8-2-3-9(11)16-8/h2-3,7H,4-6H2,1H3,(H2,12,13). The third-order valence-corrected chi connectivity index (χ3v) is 4.28. The number of ether oxygens (including phenoxy) is 1. The normalized spacial score (nSPS) is 20.2. The van der Waals surface area contributed by atoms with Crippen LogP contribution < -0.4 is 5.73 Å². The quantitative estimate of drug-likeness (QED) is 0.923. The first kappa shape index (κ1) is 11.9. The molecule has 1 unspecified atom stereocenters. The number of halogens is 1. The van der Waals surface area contributed by atoms with Crippen molar-refractivity contribution in [1.29, 1.82) is 0 Å². The SMILES string of the molecule is COCCN1C(N)=NCC1c1ccc(Br)s1. The topological polar surface area (TPSA) is 50.9 Å². The number of methoxy groups -OCH3 is 1. The second-order valence-corrected chi connectivity index (χ2v) is 6.04. The van der Waals surface area contributed by atoms with Crippen molar-refractivity contribution in [3.8, 4) is 0 Å². The molecule has 1 aliphatic rings. The molecule has 16 heavy (non-hydrogen) atoms. The van der Waals surface area contributed by atoms with Crippen LogP contribution in [0.25, 0.3) is 0 Å². The Morgan fingerprint density at radius 2 is 2.50 bits per heavy atom. The van der Waals surface area contributed by atoms with E-state index in [2.05, 4.69) is 38.0 Å². The molecule has 88 valence electrons. The van der Waals surface area contributed by atoms with E-state index in [1.165, 1.54) is 4.88 Å². The maximum atomic E-state index is 5.87. The van der Waals surface area contributed by atoms with Crippen molar-refractivity contribution in [3.05, 3.63) is 20.8 Å². The Morgan fingerprint density at radius 3 is 3.12 bits per heavy atom. The number of nitrogens with two attached hydrogens (primary N) is 1. The lowest BCUT2D eigenvalue weighted by Gasteiger charge is -2.24. The summed E-state index contributed by atoms with van der Waals surface area (Å²) in [6.45, 7) is 2.19. The predicted octanol–water partition coefficient (Wildman–Crippen LogP) is 1.83. The second-order valence-electron chi connectivity index (χ2n) is 3.54. The van der Waals surface area contributed by atoms with Crippen LogP contribution in [0.3, 0.4) is 0 Å². The predicted molar refractivity (Wildman–Crippen MR) is 69.8 cm³/mol. The van der Waals surface area contributed by atoms with Gasteiger partial charge in [-0.05, 0) is 28.1 Å². The third-order valence-electron chi connectivity index (χ3n) is 2.56. The van der Waals surface area contributed by atoms with E-state index in [1.807, 2.05) is 0 Å². The van der Waals surface area contributed by atoms with Gasteiger partial charge in [0.25, 0.3) is 0 Å². The molecule has 0 aliphatic carbocycles. The molecule has 1 aromatic rings. The lowest BCUT2D eigenvalue weighted by Crippen LogP contribution is -2.38. The van der Waals surface area contributed by atoms with Crippen LogP contribution >= 0.6 is 27.3 Å². The molecule has 2 N–H and O–H groups in total. The average Bonchev–Trinajstić information content (AvgIpc) is 2.82. The van der Waals surface area contributed by atoms with E-state index in [-0.39, 0.29) is 6.04 Å². The van der Waals surface area contributed by atoms with Gasteiger partial charge in [0.05, 0.1) is 23.0 Å². The van der Waals surface area contributed by atoms with Gasteiger partial charge in [-0.3, -0.25) is 4.99 Å². The van der Waals surface area contributed by atoms with E-state index in [1.54, 1.807) is 18.4 Å². The Balaban J connectivity index is 2.10. The molecular formula is C10H14BrN3OS. The highest BCUT2D eigenvalue weighted by atomic mass is 79.9. The summed E-state index contributed by atoms with van der Waals surface area (Å²) in [6.07, 6.45) is 0. The van der Waals surface area contributed by atoms with Crippen molar-refractivity contribution in [2.45, 2.75) is 6.04 Å². The monoisotopic (exact) mass is 303 g/mol. The highest BCUT2D eigenvalue weighted by molar-refractivity contribution is 9.11. The van der Waals surface area contributed by atoms with E-state index < -0.39 is 0 Å². The van der Waals surface area contributed by atoms with Crippen molar-refractivity contribution in [1.82, 2.24) is 4.90 Å². The number of aliphatic imine (C=N–C) groups is 1. The van der Waals surface area contributed by atoms with Gasteiger partial charge in [0.2, 0.25) is 0 Å². The number of hydrogen-bond acceptors (Lipinski definition) is 5. The highest BCUT2D eigenvalue weighted by Crippen LogP contribution is 2.32. The molecule has 1 aliphatic heterocycles. The fourth-order valence-corrected chi connectivity index (χ4v) is 3.27. The molecule has 1 atom stereocenters. The molecule has 0 amide bonds. The van der Waals surface area contributed by atoms with E-state index >= 15 is 0 Å². The van der Waals surface area contributed by atoms with Crippen molar-refractivity contribution < 1.29 is 4.74 Å². The molecule has 0 aromatic carbocycles. The minimum Gasteiger partial charge on any atom is -0.383 e. The fraction of sp³-hybridized carbons (Fsp3) is 0.500. The molecule has 0 radical (unpaired) electrons. The molecule has 0 bridgehead atoms. The molecule has 4 nitrogen and oxygen atoms in total. The summed E-state index contributed by atoms with van der Waals surface area (Å²) < 4.78 is 6.22. The number of rotatable bonds is 4. The molecule has 0 saturated carbocycles. The molecule has 2 rings (SSSR count). The van der Waals surface area contributed by atoms with Crippen LogP contribution in [-0.2, 0) is 4.74 Å². The molecule has 6 heteroatoms. The van der Waals surface area contributed by atoms with Gasteiger partial charge >= 0.3 is 0 Å². The van der Waals surface area contributed by atoms with Crippen molar-refractivity contribution >= 4 is 33.2 Å². The number of thiophene rings is 1. The third kappa shape index (κ3) is 2.39. The van der Waals surface area contributed by atoms with Crippen molar-refractivity contribution in [3.63, 3.8) is 0 Å². The van der Waals surface area contributed by atoms with Crippen molar-refractivity contribution in [2.24, 2.45) is 10.7 Å². The van der Waals surface area contributed by atoms with Gasteiger partial charge in [0.1, 0.15) is 0 Å². The van der Waals surface area contributed by atoms with Crippen LogP contribution in [0.1, 0.15) is 10.9 Å². The molecule has 0 fully saturated rings. The average molecular weight is 304 g/mol. The van der Waals surface area contributed by atoms with Crippen LogP contribution in [0.2, 0.25) is 0 Å². The smallest absolute Gasteiger partial charge is 0.192 e. The van der Waals surface area contributed by atoms with Crippen LogP contribution in [0.5, 0.6) is 0 Å². The zero-order valence-electron chi connectivity index (χ0n) is 9.02. The minimum absolute atomic E-state index is 0.270. The maximum absolute atomic E-state index is 5.87. The largest absolute Gasteiger partial charge is 0.383 e. The van der Waals surface area contributed by atoms with E-state index in [0.29, 0.717) is 12.6 Å². The number of nitrogens with zero attached hydrogens (tertiary/aromatic N) is 2. The number of guanidine groups is 1. The number of hydrogen-bond donors (Lipinski definition) is 1. The zero-order valence-corrected chi connectivity index (χ0v) is 11.4. The first-order valence-electron chi connectivity index (χ1n) is 5.03. The lowest BCUT2D eigenvalue weighted by molar-refractivity contribution is 0.167. The van der Waals surface area contributed by atoms with E-state index in [0.717, 1.165) is 16.9 Å². The first-order chi connectivity index (χ1) is 7.72. The van der Waals surface area contributed by atoms with E-state index in [9.17, 15) is 0 Å². The van der Waals surface area contributed by atoms with Gasteiger partial charge in [0.15, 0.2) is 5.96 Å². The summed E-state index contributed by atoms with van der Waals surface area (Å²) in [4.78, 5) is 7.68. The summed E-state index contributed by atoms with van der Waals surface area (Å²) in [7, 11) is 1.69. The Hall–Kier alpha value is -0.590. The Kier molecular flexibility index (Phi) is 3.83. The maximum Gasteiger partial charge on any atom is 0.192 e. The van der Waals surface area contributed by atoms with E-state index in [4.69, 9.17) is 10.5 Å². The lowest BCUT2D eigenvalue weighted by atomic mass is 10.2. The Bertz CT molecular complexity index is 393. The van der Waals surface area contributed by atoms with Crippen LogP contribution in [0, 0.1) is 0 Å². The molecule has 1 aromatic heterocycles. The molecule has 2 heterocycles. The van der Waals surface area contributed by atoms with Gasteiger partial charge < -0.3 is 15.4 Å². The zero-order chi connectivity index (χ0) is 11.5. The summed E-state index contributed by atoms with van der Waals surface area (Å²) in [5.41, 5.74) is 5.87.